The molecular weight excluding hydrogens is 238 g/mol. The Kier molecular flexibility index (Phi) is 6.86. The van der Waals surface area contributed by atoms with Crippen molar-refractivity contribution in [2.75, 3.05) is 26.2 Å². The summed E-state index contributed by atoms with van der Waals surface area (Å²) in [5.41, 5.74) is -0.231. The normalized spacial score (nSPS) is 16.2. The van der Waals surface area contributed by atoms with Crippen LogP contribution in [0.5, 0.6) is 0 Å². The van der Waals surface area contributed by atoms with Crippen molar-refractivity contribution in [2.24, 2.45) is 5.41 Å². The van der Waals surface area contributed by atoms with Gasteiger partial charge in [0.15, 0.2) is 0 Å². The lowest BCUT2D eigenvalue weighted by molar-refractivity contribution is -0.131. The minimum atomic E-state index is -0.231. The summed E-state index contributed by atoms with van der Waals surface area (Å²) in [5.74, 6) is 0.282. The van der Waals surface area contributed by atoms with E-state index in [1.807, 2.05) is 18.7 Å². The molecule has 0 aromatic carbocycles. The largest absolute Gasteiger partial charge is 0.343 e. The number of carbonyl (C=O) groups is 1. The summed E-state index contributed by atoms with van der Waals surface area (Å²) in [6, 6.07) is 2.30. The molecule has 1 saturated heterocycles. The van der Waals surface area contributed by atoms with Gasteiger partial charge in [0.1, 0.15) is 0 Å². The predicted octanol–water partition coefficient (Wildman–Crippen LogP) is 2.31. The molecule has 4 heteroatoms. The maximum absolute atomic E-state index is 11.9. The molecule has 0 aromatic heterocycles. The fourth-order valence-corrected chi connectivity index (χ4v) is 2.33. The molecule has 0 unspecified atom stereocenters. The van der Waals surface area contributed by atoms with E-state index < -0.39 is 0 Å². The molecule has 1 heterocycles. The van der Waals surface area contributed by atoms with Gasteiger partial charge in [0, 0.05) is 26.1 Å². The van der Waals surface area contributed by atoms with E-state index in [0.29, 0.717) is 6.42 Å². The molecule has 19 heavy (non-hydrogen) atoms. The van der Waals surface area contributed by atoms with E-state index in [2.05, 4.69) is 11.4 Å². The third kappa shape index (κ3) is 6.58. The van der Waals surface area contributed by atoms with E-state index in [4.69, 9.17) is 5.26 Å². The number of amides is 1. The summed E-state index contributed by atoms with van der Waals surface area (Å²) >= 11 is 0. The summed E-state index contributed by atoms with van der Waals surface area (Å²) in [4.78, 5) is 13.9. The van der Waals surface area contributed by atoms with Gasteiger partial charge in [-0.1, -0.05) is 0 Å². The Morgan fingerprint density at radius 2 is 1.95 bits per heavy atom. The number of rotatable bonds is 7. The highest BCUT2D eigenvalue weighted by atomic mass is 16.2. The number of piperidine rings is 1. The van der Waals surface area contributed by atoms with Crippen molar-refractivity contribution >= 4 is 5.91 Å². The van der Waals surface area contributed by atoms with Crippen LogP contribution in [-0.4, -0.2) is 37.0 Å². The van der Waals surface area contributed by atoms with Crippen molar-refractivity contribution in [3.63, 3.8) is 0 Å². The molecule has 4 nitrogen and oxygen atoms in total. The molecule has 0 aromatic rings. The van der Waals surface area contributed by atoms with Crippen LogP contribution < -0.4 is 5.32 Å². The molecule has 0 saturated carbocycles. The number of carbonyl (C=O) groups excluding carboxylic acids is 1. The average molecular weight is 265 g/mol. The van der Waals surface area contributed by atoms with Gasteiger partial charge in [0.05, 0.1) is 11.5 Å². The highest BCUT2D eigenvalue weighted by Crippen LogP contribution is 2.19. The Morgan fingerprint density at radius 3 is 2.58 bits per heavy atom. The summed E-state index contributed by atoms with van der Waals surface area (Å²) in [6.07, 6.45) is 6.05. The molecule has 1 amide bonds. The number of nitrogens with one attached hydrogen (secondary N) is 1. The third-order valence-electron chi connectivity index (χ3n) is 3.68. The Labute approximate surface area is 117 Å². The molecule has 108 valence electrons. The number of nitriles is 1. The van der Waals surface area contributed by atoms with Crippen LogP contribution in [-0.2, 0) is 4.79 Å². The standard InChI is InChI=1S/C15H27N3O/c1-15(2,13-16)8-6-9-17-10-7-14(19)18-11-4-3-5-12-18/h17H,3-12H2,1-2H3. The van der Waals surface area contributed by atoms with Crippen LogP contribution in [0, 0.1) is 16.7 Å². The first kappa shape index (κ1) is 16.0. The molecule has 1 aliphatic heterocycles. The minimum absolute atomic E-state index is 0.231. The molecule has 0 radical (unpaired) electrons. The quantitative estimate of drug-likeness (QED) is 0.719. The lowest BCUT2D eigenvalue weighted by Gasteiger charge is -2.26. The van der Waals surface area contributed by atoms with Crippen LogP contribution >= 0.6 is 0 Å². The monoisotopic (exact) mass is 265 g/mol. The Hall–Kier alpha value is -1.08. The van der Waals surface area contributed by atoms with E-state index in [1.165, 1.54) is 6.42 Å². The second-order valence-corrected chi connectivity index (χ2v) is 6.04. The van der Waals surface area contributed by atoms with Crippen LogP contribution in [0.3, 0.4) is 0 Å². The van der Waals surface area contributed by atoms with Gasteiger partial charge in [0.2, 0.25) is 5.91 Å². The molecule has 1 rings (SSSR count). The van der Waals surface area contributed by atoms with Crippen molar-refractivity contribution in [3.8, 4) is 6.07 Å². The Balaban J connectivity index is 2.01. The van der Waals surface area contributed by atoms with E-state index in [-0.39, 0.29) is 11.3 Å². The van der Waals surface area contributed by atoms with E-state index in [1.54, 1.807) is 0 Å². The second-order valence-electron chi connectivity index (χ2n) is 6.04. The fourth-order valence-electron chi connectivity index (χ4n) is 2.33. The maximum atomic E-state index is 11.9. The summed E-state index contributed by atoms with van der Waals surface area (Å²) in [7, 11) is 0. The van der Waals surface area contributed by atoms with Gasteiger partial charge in [-0.15, -0.1) is 0 Å². The molecular formula is C15H27N3O. The van der Waals surface area contributed by atoms with E-state index in [9.17, 15) is 4.79 Å². The van der Waals surface area contributed by atoms with Crippen LogP contribution in [0.2, 0.25) is 0 Å². The van der Waals surface area contributed by atoms with Gasteiger partial charge in [-0.3, -0.25) is 4.79 Å². The van der Waals surface area contributed by atoms with Gasteiger partial charge in [-0.2, -0.15) is 5.26 Å². The first-order valence-electron chi connectivity index (χ1n) is 7.45. The number of hydrogen-bond donors (Lipinski definition) is 1. The first-order valence-corrected chi connectivity index (χ1v) is 7.45. The van der Waals surface area contributed by atoms with Gasteiger partial charge in [0.25, 0.3) is 0 Å². The SMILES string of the molecule is CC(C)(C#N)CCCNCCC(=O)N1CCCCC1. The lowest BCUT2D eigenvalue weighted by atomic mass is 9.90. The van der Waals surface area contributed by atoms with Crippen molar-refractivity contribution < 1.29 is 4.79 Å². The first-order chi connectivity index (χ1) is 9.05. The highest BCUT2D eigenvalue weighted by molar-refractivity contribution is 5.76. The van der Waals surface area contributed by atoms with Crippen molar-refractivity contribution in [2.45, 2.75) is 52.4 Å². The van der Waals surface area contributed by atoms with Gasteiger partial charge >= 0.3 is 0 Å². The third-order valence-corrected chi connectivity index (χ3v) is 3.68. The molecule has 0 aliphatic carbocycles. The van der Waals surface area contributed by atoms with Gasteiger partial charge < -0.3 is 10.2 Å². The van der Waals surface area contributed by atoms with Crippen LogP contribution in [0.4, 0.5) is 0 Å². The maximum Gasteiger partial charge on any atom is 0.223 e. The predicted molar refractivity (Wildman–Crippen MR) is 76.5 cm³/mol. The zero-order chi connectivity index (χ0) is 14.1. The topological polar surface area (TPSA) is 56.1 Å². The number of likely N-dealkylation sites (tertiary alicyclic amines) is 1. The van der Waals surface area contributed by atoms with Crippen molar-refractivity contribution in [1.29, 1.82) is 5.26 Å². The average Bonchev–Trinajstić information content (AvgIpc) is 2.43. The van der Waals surface area contributed by atoms with E-state index in [0.717, 1.165) is 51.9 Å². The Bertz CT molecular complexity index is 314. The summed E-state index contributed by atoms with van der Waals surface area (Å²) in [6.45, 7) is 7.45. The van der Waals surface area contributed by atoms with Crippen LogP contribution in [0.15, 0.2) is 0 Å². The Morgan fingerprint density at radius 1 is 1.26 bits per heavy atom. The van der Waals surface area contributed by atoms with Gasteiger partial charge in [-0.05, 0) is 52.5 Å². The number of nitrogens with zero attached hydrogens (tertiary/aromatic N) is 2. The summed E-state index contributed by atoms with van der Waals surface area (Å²) in [5, 5.41) is 12.2. The zero-order valence-electron chi connectivity index (χ0n) is 12.4. The number of hydrogen-bond acceptors (Lipinski definition) is 3. The molecule has 0 spiro atoms. The molecule has 0 bridgehead atoms. The lowest BCUT2D eigenvalue weighted by Crippen LogP contribution is -2.37. The van der Waals surface area contributed by atoms with Crippen molar-refractivity contribution in [3.05, 3.63) is 0 Å². The molecule has 1 N–H and O–H groups in total. The van der Waals surface area contributed by atoms with Crippen LogP contribution in [0.25, 0.3) is 0 Å². The minimum Gasteiger partial charge on any atom is -0.343 e. The van der Waals surface area contributed by atoms with Crippen molar-refractivity contribution in [1.82, 2.24) is 10.2 Å². The highest BCUT2D eigenvalue weighted by Gasteiger charge is 2.16. The zero-order valence-corrected chi connectivity index (χ0v) is 12.4. The summed E-state index contributed by atoms with van der Waals surface area (Å²) < 4.78 is 0. The molecule has 0 atom stereocenters. The molecule has 1 fully saturated rings. The smallest absolute Gasteiger partial charge is 0.223 e. The second kappa shape index (κ2) is 8.16. The molecule has 1 aliphatic rings. The van der Waals surface area contributed by atoms with Gasteiger partial charge in [-0.25, -0.2) is 0 Å². The fraction of sp³-hybridized carbons (Fsp3) is 0.867. The van der Waals surface area contributed by atoms with Crippen LogP contribution in [0.1, 0.15) is 52.4 Å². The van der Waals surface area contributed by atoms with E-state index >= 15 is 0 Å².